The van der Waals surface area contributed by atoms with Gasteiger partial charge in [-0.05, 0) is 37.0 Å². The van der Waals surface area contributed by atoms with Crippen LogP contribution in [0.3, 0.4) is 0 Å². The lowest BCUT2D eigenvalue weighted by molar-refractivity contribution is 0.0983. The van der Waals surface area contributed by atoms with Crippen molar-refractivity contribution >= 4 is 16.7 Å². The van der Waals surface area contributed by atoms with Gasteiger partial charge in [-0.25, -0.2) is 0 Å². The first-order chi connectivity index (χ1) is 10.2. The lowest BCUT2D eigenvalue weighted by Gasteiger charge is -2.04. The van der Waals surface area contributed by atoms with Crippen LogP contribution >= 0.6 is 0 Å². The van der Waals surface area contributed by atoms with Crippen LogP contribution in [-0.2, 0) is 6.42 Å². The molecule has 2 nitrogen and oxygen atoms in total. The quantitative estimate of drug-likeness (QED) is 0.688. The minimum Gasteiger partial charge on any atom is -0.354 e. The Bertz CT molecular complexity index is 840. The second kappa shape index (κ2) is 4.59. The Hall–Kier alpha value is -2.35. The van der Waals surface area contributed by atoms with Crippen LogP contribution in [0.2, 0.25) is 0 Å². The maximum Gasteiger partial charge on any atom is 0.163 e. The van der Waals surface area contributed by atoms with Crippen LogP contribution in [0.15, 0.2) is 42.5 Å². The molecule has 0 atom stereocenters. The van der Waals surface area contributed by atoms with E-state index in [4.69, 9.17) is 0 Å². The van der Waals surface area contributed by atoms with E-state index in [9.17, 15) is 4.79 Å². The average molecular weight is 275 g/mol. The highest BCUT2D eigenvalue weighted by molar-refractivity contribution is 6.11. The number of carbonyl (C=O) groups excluding carboxylic acids is 1. The van der Waals surface area contributed by atoms with Crippen molar-refractivity contribution in [2.45, 2.75) is 26.2 Å². The Morgan fingerprint density at radius 1 is 1.00 bits per heavy atom. The van der Waals surface area contributed by atoms with Gasteiger partial charge in [-0.15, -0.1) is 0 Å². The molecule has 21 heavy (non-hydrogen) atoms. The highest BCUT2D eigenvalue weighted by Gasteiger charge is 2.21. The van der Waals surface area contributed by atoms with Gasteiger partial charge in [0.15, 0.2) is 5.78 Å². The summed E-state index contributed by atoms with van der Waals surface area (Å²) >= 11 is 0. The molecule has 1 heterocycles. The number of aryl methyl sites for hydroxylation is 2. The summed E-state index contributed by atoms with van der Waals surface area (Å²) in [5.74, 6) is 0.272. The predicted molar refractivity (Wildman–Crippen MR) is 85.7 cm³/mol. The van der Waals surface area contributed by atoms with Gasteiger partial charge in [-0.3, -0.25) is 4.79 Å². The number of hydrogen-bond donors (Lipinski definition) is 1. The largest absolute Gasteiger partial charge is 0.354 e. The minimum atomic E-state index is 0.272. The van der Waals surface area contributed by atoms with Gasteiger partial charge in [0.05, 0.1) is 0 Å². The number of nitrogens with one attached hydrogen (secondary N) is 1. The molecule has 0 radical (unpaired) electrons. The monoisotopic (exact) mass is 275 g/mol. The molecule has 3 aromatic rings. The molecule has 1 N–H and O–H groups in total. The number of rotatable bonds is 1. The van der Waals surface area contributed by atoms with Gasteiger partial charge in [0, 0.05) is 28.6 Å². The van der Waals surface area contributed by atoms with Crippen LogP contribution in [0.1, 0.15) is 34.3 Å². The molecule has 0 saturated carbocycles. The maximum absolute atomic E-state index is 12.3. The summed E-state index contributed by atoms with van der Waals surface area (Å²) in [5, 5.41) is 1.13. The molecule has 104 valence electrons. The molecule has 1 aliphatic carbocycles. The zero-order valence-corrected chi connectivity index (χ0v) is 12.1. The topological polar surface area (TPSA) is 32.9 Å². The lowest BCUT2D eigenvalue weighted by atomic mass is 10.00. The molecule has 0 saturated heterocycles. The van der Waals surface area contributed by atoms with E-state index < -0.39 is 0 Å². The molecule has 0 bridgehead atoms. The van der Waals surface area contributed by atoms with Crippen LogP contribution in [0.25, 0.3) is 22.2 Å². The van der Waals surface area contributed by atoms with Crippen LogP contribution in [0, 0.1) is 6.92 Å². The van der Waals surface area contributed by atoms with Crippen molar-refractivity contribution in [3.05, 3.63) is 59.2 Å². The van der Waals surface area contributed by atoms with Crippen molar-refractivity contribution in [1.29, 1.82) is 0 Å². The van der Waals surface area contributed by atoms with Gasteiger partial charge in [0.1, 0.15) is 0 Å². The third-order valence-corrected chi connectivity index (χ3v) is 4.40. The summed E-state index contributed by atoms with van der Waals surface area (Å²) in [7, 11) is 0. The van der Waals surface area contributed by atoms with E-state index in [1.165, 1.54) is 22.4 Å². The first-order valence-electron chi connectivity index (χ1n) is 7.48. The first-order valence-corrected chi connectivity index (χ1v) is 7.48. The number of aromatic nitrogens is 1. The summed E-state index contributed by atoms with van der Waals surface area (Å²) in [5.41, 5.74) is 6.90. The third-order valence-electron chi connectivity index (χ3n) is 4.40. The van der Waals surface area contributed by atoms with E-state index in [2.05, 4.69) is 42.2 Å². The number of ketones is 1. The van der Waals surface area contributed by atoms with Crippen molar-refractivity contribution in [2.75, 3.05) is 0 Å². The summed E-state index contributed by atoms with van der Waals surface area (Å²) in [4.78, 5) is 15.8. The fourth-order valence-electron chi connectivity index (χ4n) is 3.33. The summed E-state index contributed by atoms with van der Waals surface area (Å²) in [6.45, 7) is 2.10. The molecule has 0 unspecified atom stereocenters. The third kappa shape index (κ3) is 1.90. The number of Topliss-reactive ketones (excluding diaryl/α,β-unsaturated/α-hetero) is 1. The number of benzene rings is 2. The number of H-pyrrole nitrogens is 1. The molecular formula is C19H17NO. The Kier molecular flexibility index (Phi) is 2.71. The second-order valence-electron chi connectivity index (χ2n) is 5.85. The molecule has 0 amide bonds. The molecule has 2 aromatic carbocycles. The van der Waals surface area contributed by atoms with Crippen molar-refractivity contribution < 1.29 is 4.79 Å². The zero-order valence-electron chi connectivity index (χ0n) is 12.1. The molecule has 0 spiro atoms. The van der Waals surface area contributed by atoms with Gasteiger partial charge in [0.2, 0.25) is 0 Å². The Morgan fingerprint density at radius 3 is 2.62 bits per heavy atom. The van der Waals surface area contributed by atoms with E-state index in [0.717, 1.165) is 29.3 Å². The Morgan fingerprint density at radius 2 is 1.81 bits per heavy atom. The van der Waals surface area contributed by atoms with Crippen LogP contribution in [0.5, 0.6) is 0 Å². The van der Waals surface area contributed by atoms with Crippen LogP contribution in [0.4, 0.5) is 0 Å². The maximum atomic E-state index is 12.3. The molecular weight excluding hydrogens is 258 g/mol. The SMILES string of the molecule is Cc1ccc(-c2[nH]c3cccc4c3c2CCCC4=O)cc1. The zero-order chi connectivity index (χ0) is 14.4. The van der Waals surface area contributed by atoms with Gasteiger partial charge < -0.3 is 4.98 Å². The highest BCUT2D eigenvalue weighted by Crippen LogP contribution is 2.36. The van der Waals surface area contributed by atoms with Crippen LogP contribution < -0.4 is 0 Å². The minimum absolute atomic E-state index is 0.272. The predicted octanol–water partition coefficient (Wildman–Crippen LogP) is 4.66. The molecule has 0 fully saturated rings. The standard InChI is InChI=1S/C19H17NO/c1-12-8-10-13(11-9-12)19-15-5-3-7-17(21)14-4-2-6-16(20-19)18(14)15/h2,4,6,8-11,20H,3,5,7H2,1H3. The number of aromatic amines is 1. The molecule has 1 aromatic heterocycles. The normalized spacial score (nSPS) is 14.4. The highest BCUT2D eigenvalue weighted by atomic mass is 16.1. The Balaban J connectivity index is 2.02. The van der Waals surface area contributed by atoms with Crippen molar-refractivity contribution in [3.8, 4) is 11.3 Å². The average Bonchev–Trinajstić information content (AvgIpc) is 2.77. The van der Waals surface area contributed by atoms with E-state index in [1.807, 2.05) is 12.1 Å². The van der Waals surface area contributed by atoms with Gasteiger partial charge >= 0.3 is 0 Å². The van der Waals surface area contributed by atoms with Crippen molar-refractivity contribution in [3.63, 3.8) is 0 Å². The summed E-state index contributed by atoms with van der Waals surface area (Å²) in [6, 6.07) is 14.6. The molecule has 4 rings (SSSR count). The van der Waals surface area contributed by atoms with Crippen molar-refractivity contribution in [2.24, 2.45) is 0 Å². The smallest absolute Gasteiger partial charge is 0.163 e. The molecule has 1 aliphatic rings. The van der Waals surface area contributed by atoms with Crippen LogP contribution in [-0.4, -0.2) is 10.8 Å². The second-order valence-corrected chi connectivity index (χ2v) is 5.85. The fraction of sp³-hybridized carbons (Fsp3) is 0.211. The van der Waals surface area contributed by atoms with E-state index in [-0.39, 0.29) is 5.78 Å². The first kappa shape index (κ1) is 12.4. The van der Waals surface area contributed by atoms with Gasteiger partial charge in [-0.1, -0.05) is 42.0 Å². The van der Waals surface area contributed by atoms with Gasteiger partial charge in [0.25, 0.3) is 0 Å². The molecule has 0 aliphatic heterocycles. The van der Waals surface area contributed by atoms with Gasteiger partial charge in [-0.2, -0.15) is 0 Å². The number of carbonyl (C=O) groups is 1. The molecule has 2 heteroatoms. The van der Waals surface area contributed by atoms with E-state index in [1.54, 1.807) is 0 Å². The number of hydrogen-bond acceptors (Lipinski definition) is 1. The summed E-state index contributed by atoms with van der Waals surface area (Å²) < 4.78 is 0. The van der Waals surface area contributed by atoms with E-state index in [0.29, 0.717) is 6.42 Å². The van der Waals surface area contributed by atoms with E-state index >= 15 is 0 Å². The van der Waals surface area contributed by atoms with Crippen molar-refractivity contribution in [1.82, 2.24) is 4.98 Å². The Labute approximate surface area is 123 Å². The fourth-order valence-corrected chi connectivity index (χ4v) is 3.33. The summed E-state index contributed by atoms with van der Waals surface area (Å²) in [6.07, 6.45) is 2.55. The lowest BCUT2D eigenvalue weighted by Crippen LogP contribution is -1.96.